The monoisotopic (exact) mass is 458 g/mol. The van der Waals surface area contributed by atoms with E-state index in [1.54, 1.807) is 0 Å². The Bertz CT molecular complexity index is 778. The summed E-state index contributed by atoms with van der Waals surface area (Å²) in [5.74, 6) is 0.410. The predicted molar refractivity (Wildman–Crippen MR) is 128 cm³/mol. The van der Waals surface area contributed by atoms with E-state index in [-0.39, 0.29) is 43.1 Å². The molecule has 2 atom stereocenters. The van der Waals surface area contributed by atoms with Crippen LogP contribution in [0.5, 0.6) is 0 Å². The molecule has 8 heteroatoms. The molecular formula is C21H29Cl3N4O. The zero-order chi connectivity index (χ0) is 18.1. The number of benzene rings is 2. The fraction of sp³-hybridized carbons (Fsp3) is 0.381. The van der Waals surface area contributed by atoms with Crippen molar-refractivity contribution in [1.82, 2.24) is 4.90 Å². The molecule has 2 fully saturated rings. The maximum atomic E-state index is 12.5. The zero-order valence-electron chi connectivity index (χ0n) is 16.4. The number of halogens is 3. The summed E-state index contributed by atoms with van der Waals surface area (Å²) in [5, 5.41) is 2.97. The summed E-state index contributed by atoms with van der Waals surface area (Å²) < 4.78 is 0. The summed E-state index contributed by atoms with van der Waals surface area (Å²) in [6, 6.07) is 16.2. The SMILES string of the molecule is CN1CCN(c2ccc(C(=O)Nc3ccc(C4CC4N)cc3)cc2)CC1.Cl.Cl.Cl. The number of amides is 1. The first kappa shape index (κ1) is 25.5. The van der Waals surface area contributed by atoms with Gasteiger partial charge < -0.3 is 20.9 Å². The van der Waals surface area contributed by atoms with Gasteiger partial charge >= 0.3 is 0 Å². The van der Waals surface area contributed by atoms with Crippen LogP contribution in [0.2, 0.25) is 0 Å². The summed E-state index contributed by atoms with van der Waals surface area (Å²) in [5.41, 5.74) is 9.82. The van der Waals surface area contributed by atoms with Crippen molar-refractivity contribution in [2.24, 2.45) is 5.73 Å². The Labute approximate surface area is 191 Å². The lowest BCUT2D eigenvalue weighted by atomic mass is 10.1. The predicted octanol–water partition coefficient (Wildman–Crippen LogP) is 3.77. The van der Waals surface area contributed by atoms with Gasteiger partial charge in [0.25, 0.3) is 5.91 Å². The van der Waals surface area contributed by atoms with Crippen molar-refractivity contribution in [3.8, 4) is 0 Å². The number of nitrogens with two attached hydrogens (primary N) is 1. The van der Waals surface area contributed by atoms with Crippen LogP contribution >= 0.6 is 37.2 Å². The van der Waals surface area contributed by atoms with Gasteiger partial charge in [0, 0.05) is 55.1 Å². The van der Waals surface area contributed by atoms with E-state index in [4.69, 9.17) is 5.73 Å². The third-order valence-corrected chi connectivity index (χ3v) is 5.43. The maximum Gasteiger partial charge on any atom is 0.255 e. The fourth-order valence-corrected chi connectivity index (χ4v) is 3.50. The van der Waals surface area contributed by atoms with E-state index in [1.807, 2.05) is 36.4 Å². The maximum absolute atomic E-state index is 12.5. The van der Waals surface area contributed by atoms with Crippen LogP contribution in [-0.2, 0) is 0 Å². The van der Waals surface area contributed by atoms with Crippen molar-refractivity contribution in [3.63, 3.8) is 0 Å². The molecular weight excluding hydrogens is 431 g/mol. The highest BCUT2D eigenvalue weighted by Crippen LogP contribution is 2.39. The number of hydrogen-bond donors (Lipinski definition) is 2. The lowest BCUT2D eigenvalue weighted by molar-refractivity contribution is 0.102. The van der Waals surface area contributed by atoms with Gasteiger partial charge in [-0.2, -0.15) is 0 Å². The number of nitrogens with zero attached hydrogens (tertiary/aromatic N) is 2. The van der Waals surface area contributed by atoms with Crippen molar-refractivity contribution in [2.45, 2.75) is 18.4 Å². The van der Waals surface area contributed by atoms with Gasteiger partial charge in [-0.25, -0.2) is 0 Å². The minimum absolute atomic E-state index is 0. The number of piperazine rings is 1. The number of anilines is 2. The first-order valence-electron chi connectivity index (χ1n) is 9.30. The van der Waals surface area contributed by atoms with Crippen molar-refractivity contribution >= 4 is 54.5 Å². The molecule has 1 saturated heterocycles. The zero-order valence-corrected chi connectivity index (χ0v) is 18.9. The van der Waals surface area contributed by atoms with Crippen LogP contribution < -0.4 is 16.0 Å². The quantitative estimate of drug-likeness (QED) is 0.730. The van der Waals surface area contributed by atoms with E-state index < -0.39 is 0 Å². The average Bonchev–Trinajstić information content (AvgIpc) is 3.40. The summed E-state index contributed by atoms with van der Waals surface area (Å²) in [6.45, 7) is 4.20. The normalized spacial score (nSPS) is 20.6. The van der Waals surface area contributed by atoms with Crippen molar-refractivity contribution in [3.05, 3.63) is 59.7 Å². The van der Waals surface area contributed by atoms with Gasteiger partial charge in [0.05, 0.1) is 0 Å². The molecule has 1 amide bonds. The van der Waals surface area contributed by atoms with E-state index >= 15 is 0 Å². The number of likely N-dealkylation sites (N-methyl/N-ethyl adjacent to an activating group) is 1. The van der Waals surface area contributed by atoms with Gasteiger partial charge in [0.2, 0.25) is 0 Å². The van der Waals surface area contributed by atoms with Gasteiger partial charge in [0.1, 0.15) is 0 Å². The number of rotatable bonds is 4. The van der Waals surface area contributed by atoms with Gasteiger partial charge in [-0.3, -0.25) is 4.79 Å². The summed E-state index contributed by atoms with van der Waals surface area (Å²) in [7, 11) is 2.15. The Morgan fingerprint density at radius 2 is 1.48 bits per heavy atom. The third-order valence-electron chi connectivity index (χ3n) is 5.43. The van der Waals surface area contributed by atoms with Crippen LogP contribution in [0.3, 0.4) is 0 Å². The topological polar surface area (TPSA) is 61.6 Å². The van der Waals surface area contributed by atoms with Gasteiger partial charge in [-0.1, -0.05) is 12.1 Å². The molecule has 160 valence electrons. The minimum atomic E-state index is -0.0780. The summed E-state index contributed by atoms with van der Waals surface area (Å²) in [4.78, 5) is 17.2. The van der Waals surface area contributed by atoms with Crippen LogP contribution in [0.15, 0.2) is 48.5 Å². The number of nitrogens with one attached hydrogen (secondary N) is 1. The Morgan fingerprint density at radius 3 is 2.00 bits per heavy atom. The van der Waals surface area contributed by atoms with Gasteiger partial charge in [-0.05, 0) is 55.4 Å². The molecule has 2 aromatic carbocycles. The highest BCUT2D eigenvalue weighted by Gasteiger charge is 2.34. The van der Waals surface area contributed by atoms with Crippen LogP contribution in [0.1, 0.15) is 28.3 Å². The minimum Gasteiger partial charge on any atom is -0.369 e. The average molecular weight is 460 g/mol. The highest BCUT2D eigenvalue weighted by molar-refractivity contribution is 6.04. The van der Waals surface area contributed by atoms with Crippen LogP contribution in [0.25, 0.3) is 0 Å². The number of hydrogen-bond acceptors (Lipinski definition) is 4. The first-order chi connectivity index (χ1) is 12.6. The van der Waals surface area contributed by atoms with Crippen molar-refractivity contribution in [1.29, 1.82) is 0 Å². The molecule has 0 spiro atoms. The fourth-order valence-electron chi connectivity index (χ4n) is 3.50. The van der Waals surface area contributed by atoms with Crippen LogP contribution in [-0.4, -0.2) is 50.1 Å². The number of carbonyl (C=O) groups is 1. The molecule has 2 aliphatic rings. The molecule has 1 saturated carbocycles. The second-order valence-electron chi connectivity index (χ2n) is 7.42. The smallest absolute Gasteiger partial charge is 0.255 e. The van der Waals surface area contributed by atoms with E-state index in [0.717, 1.165) is 38.3 Å². The summed E-state index contributed by atoms with van der Waals surface area (Å²) >= 11 is 0. The highest BCUT2D eigenvalue weighted by atomic mass is 35.5. The molecule has 4 rings (SSSR count). The van der Waals surface area contributed by atoms with Gasteiger partial charge in [-0.15, -0.1) is 37.2 Å². The van der Waals surface area contributed by atoms with Crippen LogP contribution in [0, 0.1) is 0 Å². The molecule has 1 aliphatic heterocycles. The van der Waals surface area contributed by atoms with E-state index in [0.29, 0.717) is 17.5 Å². The molecule has 0 radical (unpaired) electrons. The van der Waals surface area contributed by atoms with Crippen molar-refractivity contribution in [2.75, 3.05) is 43.4 Å². The lowest BCUT2D eigenvalue weighted by Gasteiger charge is -2.34. The molecule has 0 bridgehead atoms. The molecule has 5 nitrogen and oxygen atoms in total. The van der Waals surface area contributed by atoms with E-state index in [1.165, 1.54) is 11.3 Å². The first-order valence-corrected chi connectivity index (χ1v) is 9.30. The lowest BCUT2D eigenvalue weighted by Crippen LogP contribution is -2.44. The Morgan fingerprint density at radius 1 is 0.931 bits per heavy atom. The second-order valence-corrected chi connectivity index (χ2v) is 7.42. The van der Waals surface area contributed by atoms with E-state index in [2.05, 4.69) is 34.3 Å². The number of carbonyl (C=O) groups excluding carboxylic acids is 1. The van der Waals surface area contributed by atoms with Gasteiger partial charge in [0.15, 0.2) is 0 Å². The Balaban J connectivity index is 0.00000140. The Kier molecular flexibility index (Phi) is 9.73. The standard InChI is InChI=1S/C21H26N4O.3ClH/c1-24-10-12-25(13-11-24)18-8-4-16(5-9-18)21(26)23-17-6-2-15(3-7-17)19-14-20(19)22;;;/h2-9,19-20H,10-14,22H2,1H3,(H,23,26);3*1H. The van der Waals surface area contributed by atoms with E-state index in [9.17, 15) is 4.79 Å². The third kappa shape index (κ3) is 6.24. The molecule has 0 aromatic heterocycles. The molecule has 1 aliphatic carbocycles. The molecule has 1 heterocycles. The second kappa shape index (κ2) is 11.0. The Hall–Kier alpha value is -1.50. The van der Waals surface area contributed by atoms with Crippen molar-refractivity contribution < 1.29 is 4.79 Å². The molecule has 3 N–H and O–H groups in total. The largest absolute Gasteiger partial charge is 0.369 e. The summed E-state index contributed by atoms with van der Waals surface area (Å²) in [6.07, 6.45) is 1.06. The van der Waals surface area contributed by atoms with Crippen LogP contribution in [0.4, 0.5) is 11.4 Å². The molecule has 2 unspecified atom stereocenters. The molecule has 2 aromatic rings. The molecule has 29 heavy (non-hydrogen) atoms.